The van der Waals surface area contributed by atoms with E-state index in [0.717, 1.165) is 17.5 Å². The van der Waals surface area contributed by atoms with Crippen molar-refractivity contribution in [1.82, 2.24) is 26.6 Å². The maximum Gasteiger partial charge on any atom is 0.243 e. The standard InChI is InChI=1S/C30H40N6O6/c1-19(27(39)32-18-25(31)37)34-28(40)21(3)35-30(42)24(17-23-13-8-5-9-14-23)36-29(41)20(2)33-26(38)16-10-15-22-11-6-4-7-12-22/h4-9,11-14,19-21,24H,10,15-18H2,1-3H3,(H2,31,37)(H,32,39)(H,33,38)(H,34,40)(H,35,42)(H,36,41)/t19-,20-,21-,24-/m0/s1. The highest BCUT2D eigenvalue weighted by Gasteiger charge is 2.28. The third-order valence-electron chi connectivity index (χ3n) is 6.34. The van der Waals surface area contributed by atoms with E-state index in [0.29, 0.717) is 6.42 Å². The van der Waals surface area contributed by atoms with Crippen LogP contribution in [0.25, 0.3) is 0 Å². The smallest absolute Gasteiger partial charge is 0.243 e. The Kier molecular flexibility index (Phi) is 13.7. The van der Waals surface area contributed by atoms with Crippen LogP contribution in [0.15, 0.2) is 60.7 Å². The van der Waals surface area contributed by atoms with Crippen LogP contribution in [-0.4, -0.2) is 66.2 Å². The van der Waals surface area contributed by atoms with Gasteiger partial charge < -0.3 is 32.3 Å². The van der Waals surface area contributed by atoms with Gasteiger partial charge in [0, 0.05) is 12.8 Å². The van der Waals surface area contributed by atoms with E-state index in [1.54, 1.807) is 24.3 Å². The van der Waals surface area contributed by atoms with E-state index >= 15 is 0 Å². The van der Waals surface area contributed by atoms with Gasteiger partial charge in [-0.2, -0.15) is 0 Å². The molecule has 12 nitrogen and oxygen atoms in total. The second kappa shape index (κ2) is 17.2. The Hall–Kier alpha value is -4.74. The molecule has 0 radical (unpaired) electrons. The van der Waals surface area contributed by atoms with Gasteiger partial charge in [0.2, 0.25) is 35.4 Å². The van der Waals surface area contributed by atoms with Crippen LogP contribution in [0.5, 0.6) is 0 Å². The molecule has 6 amide bonds. The molecule has 4 atom stereocenters. The third kappa shape index (κ3) is 12.2. The second-order valence-electron chi connectivity index (χ2n) is 10.0. The summed E-state index contributed by atoms with van der Waals surface area (Å²) in [6.07, 6.45) is 1.73. The lowest BCUT2D eigenvalue weighted by molar-refractivity contribution is -0.134. The number of carbonyl (C=O) groups is 6. The van der Waals surface area contributed by atoms with Gasteiger partial charge in [-0.15, -0.1) is 0 Å². The van der Waals surface area contributed by atoms with Crippen molar-refractivity contribution in [3.8, 4) is 0 Å². The number of primary amides is 1. The van der Waals surface area contributed by atoms with E-state index in [1.807, 2.05) is 36.4 Å². The first-order valence-corrected chi connectivity index (χ1v) is 13.8. The van der Waals surface area contributed by atoms with Crippen molar-refractivity contribution in [2.45, 2.75) is 70.6 Å². The Labute approximate surface area is 245 Å². The molecule has 2 rings (SSSR count). The minimum atomic E-state index is -1.05. The Morgan fingerprint density at radius 1 is 0.643 bits per heavy atom. The first kappa shape index (κ1) is 33.5. The summed E-state index contributed by atoms with van der Waals surface area (Å²) >= 11 is 0. The van der Waals surface area contributed by atoms with Gasteiger partial charge in [-0.25, -0.2) is 0 Å². The van der Waals surface area contributed by atoms with E-state index in [1.165, 1.54) is 20.8 Å². The monoisotopic (exact) mass is 580 g/mol. The summed E-state index contributed by atoms with van der Waals surface area (Å²) in [7, 11) is 0. The van der Waals surface area contributed by atoms with Crippen LogP contribution in [0.4, 0.5) is 0 Å². The number of hydrogen-bond acceptors (Lipinski definition) is 6. The molecule has 2 aromatic rings. The van der Waals surface area contributed by atoms with E-state index < -0.39 is 53.7 Å². The third-order valence-corrected chi connectivity index (χ3v) is 6.34. The van der Waals surface area contributed by atoms with Crippen molar-refractivity contribution in [2.75, 3.05) is 6.54 Å². The predicted molar refractivity (Wildman–Crippen MR) is 156 cm³/mol. The lowest BCUT2D eigenvalue weighted by Gasteiger charge is -2.24. The molecular formula is C30H40N6O6. The van der Waals surface area contributed by atoms with Crippen molar-refractivity contribution >= 4 is 35.4 Å². The molecular weight excluding hydrogens is 540 g/mol. The maximum atomic E-state index is 13.2. The maximum absolute atomic E-state index is 13.2. The number of nitrogens with two attached hydrogens (primary N) is 1. The van der Waals surface area contributed by atoms with Gasteiger partial charge in [-0.05, 0) is 44.7 Å². The summed E-state index contributed by atoms with van der Waals surface area (Å²) < 4.78 is 0. The van der Waals surface area contributed by atoms with E-state index in [9.17, 15) is 28.8 Å². The van der Waals surface area contributed by atoms with Gasteiger partial charge in [0.1, 0.15) is 24.2 Å². The molecule has 7 N–H and O–H groups in total. The molecule has 0 aliphatic carbocycles. The van der Waals surface area contributed by atoms with Gasteiger partial charge in [0.05, 0.1) is 6.54 Å². The fraction of sp³-hybridized carbons (Fsp3) is 0.400. The highest BCUT2D eigenvalue weighted by atomic mass is 16.2. The molecule has 2 aromatic carbocycles. The molecule has 0 aliphatic rings. The molecule has 12 heteroatoms. The number of carbonyl (C=O) groups excluding carboxylic acids is 6. The minimum absolute atomic E-state index is 0.135. The summed E-state index contributed by atoms with van der Waals surface area (Å²) in [5.41, 5.74) is 6.90. The summed E-state index contributed by atoms with van der Waals surface area (Å²) in [6, 6.07) is 14.8. The molecule has 0 unspecified atom stereocenters. The molecule has 0 fully saturated rings. The van der Waals surface area contributed by atoms with Crippen LogP contribution in [0.1, 0.15) is 44.7 Å². The Morgan fingerprint density at radius 3 is 1.74 bits per heavy atom. The summed E-state index contributed by atoms with van der Waals surface area (Å²) in [5.74, 6) is -3.46. The minimum Gasteiger partial charge on any atom is -0.368 e. The molecule has 0 aliphatic heterocycles. The number of aryl methyl sites for hydroxylation is 1. The second-order valence-corrected chi connectivity index (χ2v) is 10.0. The van der Waals surface area contributed by atoms with Crippen LogP contribution in [0.2, 0.25) is 0 Å². The van der Waals surface area contributed by atoms with Crippen molar-refractivity contribution in [2.24, 2.45) is 5.73 Å². The van der Waals surface area contributed by atoms with Crippen molar-refractivity contribution in [1.29, 1.82) is 0 Å². The molecule has 0 aromatic heterocycles. The first-order valence-electron chi connectivity index (χ1n) is 13.8. The fourth-order valence-electron chi connectivity index (χ4n) is 3.94. The Bertz CT molecular complexity index is 1220. The average molecular weight is 581 g/mol. The zero-order valence-corrected chi connectivity index (χ0v) is 24.1. The number of nitrogens with one attached hydrogen (secondary N) is 5. The predicted octanol–water partition coefficient (Wildman–Crippen LogP) is -0.148. The van der Waals surface area contributed by atoms with Crippen LogP contribution in [-0.2, 0) is 41.6 Å². The highest BCUT2D eigenvalue weighted by molar-refractivity contribution is 5.95. The van der Waals surface area contributed by atoms with E-state index in [4.69, 9.17) is 5.73 Å². The summed E-state index contributed by atoms with van der Waals surface area (Å²) in [6.45, 7) is 4.00. The molecule has 0 bridgehead atoms. The Balaban J connectivity index is 1.95. The Morgan fingerprint density at radius 2 is 1.14 bits per heavy atom. The van der Waals surface area contributed by atoms with Crippen LogP contribution >= 0.6 is 0 Å². The lowest BCUT2D eigenvalue weighted by Crippen LogP contribution is -2.57. The SMILES string of the molecule is C[C@H](NC(=O)CCCc1ccccc1)C(=O)N[C@@H](Cc1ccccc1)C(=O)N[C@@H](C)C(=O)N[C@@H](C)C(=O)NCC(N)=O. The van der Waals surface area contributed by atoms with E-state index in [2.05, 4.69) is 26.6 Å². The average Bonchev–Trinajstić information content (AvgIpc) is 2.96. The van der Waals surface area contributed by atoms with Gasteiger partial charge in [-0.3, -0.25) is 28.8 Å². The highest BCUT2D eigenvalue weighted by Crippen LogP contribution is 2.06. The quantitative estimate of drug-likeness (QED) is 0.160. The largest absolute Gasteiger partial charge is 0.368 e. The van der Waals surface area contributed by atoms with Crippen molar-refractivity contribution < 1.29 is 28.8 Å². The van der Waals surface area contributed by atoms with Gasteiger partial charge in [0.15, 0.2) is 0 Å². The number of benzene rings is 2. The number of rotatable bonds is 16. The molecule has 0 saturated heterocycles. The van der Waals surface area contributed by atoms with Crippen LogP contribution in [0, 0.1) is 0 Å². The number of hydrogen-bond donors (Lipinski definition) is 6. The van der Waals surface area contributed by atoms with Gasteiger partial charge in [-0.1, -0.05) is 60.7 Å². The normalized spacial score (nSPS) is 13.4. The zero-order valence-electron chi connectivity index (χ0n) is 24.1. The van der Waals surface area contributed by atoms with Crippen LogP contribution < -0.4 is 32.3 Å². The van der Waals surface area contributed by atoms with E-state index in [-0.39, 0.29) is 25.3 Å². The molecule has 0 heterocycles. The zero-order chi connectivity index (χ0) is 31.1. The first-order chi connectivity index (χ1) is 20.0. The molecule has 0 spiro atoms. The fourth-order valence-corrected chi connectivity index (χ4v) is 3.94. The summed E-state index contributed by atoms with van der Waals surface area (Å²) in [4.78, 5) is 74.1. The van der Waals surface area contributed by atoms with Crippen LogP contribution in [0.3, 0.4) is 0 Å². The lowest BCUT2D eigenvalue weighted by atomic mass is 10.0. The van der Waals surface area contributed by atoms with Crippen molar-refractivity contribution in [3.05, 3.63) is 71.8 Å². The van der Waals surface area contributed by atoms with Gasteiger partial charge >= 0.3 is 0 Å². The summed E-state index contributed by atoms with van der Waals surface area (Å²) in [5, 5.41) is 12.6. The van der Waals surface area contributed by atoms with Crippen molar-refractivity contribution in [3.63, 3.8) is 0 Å². The molecule has 42 heavy (non-hydrogen) atoms. The number of amides is 6. The topological polar surface area (TPSA) is 189 Å². The van der Waals surface area contributed by atoms with Gasteiger partial charge in [0.25, 0.3) is 0 Å². The molecule has 0 saturated carbocycles. The molecule has 226 valence electrons.